The van der Waals surface area contributed by atoms with Gasteiger partial charge in [0.05, 0.1) is 0 Å². The number of rotatable bonds is 13. The van der Waals surface area contributed by atoms with Crippen LogP contribution in [0.25, 0.3) is 22.8 Å². The lowest BCUT2D eigenvalue weighted by molar-refractivity contribution is -0.124. The van der Waals surface area contributed by atoms with Crippen LogP contribution in [0.2, 0.25) is 0 Å². The van der Waals surface area contributed by atoms with Gasteiger partial charge in [-0.1, -0.05) is 45.8 Å². The van der Waals surface area contributed by atoms with Crippen molar-refractivity contribution < 1.29 is 24.3 Å². The van der Waals surface area contributed by atoms with Gasteiger partial charge in [0.1, 0.15) is 25.1 Å². The molecule has 212 valence electrons. The minimum Gasteiger partial charge on any atom is -0.490 e. The Morgan fingerprint density at radius 1 is 1.18 bits per heavy atom. The quantitative estimate of drug-likeness (QED) is 0.253. The summed E-state index contributed by atoms with van der Waals surface area (Å²) in [5.41, 5.74) is 13.2. The molecule has 1 amide bonds. The molecular formula is C30H42N4O5. The number of ether oxygens (including phenoxy) is 1. The van der Waals surface area contributed by atoms with Crippen LogP contribution in [0.3, 0.4) is 0 Å². The zero-order chi connectivity index (χ0) is 28.7. The van der Waals surface area contributed by atoms with Gasteiger partial charge in [0.15, 0.2) is 0 Å². The molecule has 0 aliphatic carbocycles. The summed E-state index contributed by atoms with van der Waals surface area (Å²) in [4.78, 5) is 16.0. The third-order valence-electron chi connectivity index (χ3n) is 7.07. The molecule has 39 heavy (non-hydrogen) atoms. The zero-order valence-corrected chi connectivity index (χ0v) is 23.9. The van der Waals surface area contributed by atoms with Gasteiger partial charge in [-0.3, -0.25) is 4.79 Å². The van der Waals surface area contributed by atoms with E-state index in [4.69, 9.17) is 25.1 Å². The lowest BCUT2D eigenvalue weighted by Gasteiger charge is -2.20. The summed E-state index contributed by atoms with van der Waals surface area (Å²) in [6.07, 6.45) is 0.783. The van der Waals surface area contributed by atoms with Crippen LogP contribution in [0.4, 0.5) is 0 Å². The van der Waals surface area contributed by atoms with Crippen molar-refractivity contribution in [2.45, 2.75) is 78.9 Å². The molecule has 0 radical (unpaired) electrons. The molecule has 9 heteroatoms. The Labute approximate surface area is 230 Å². The Balaban J connectivity index is 1.92. The van der Waals surface area contributed by atoms with Gasteiger partial charge in [-0.25, -0.2) is 0 Å². The molecule has 0 aliphatic heterocycles. The number of nitrogens with zero attached hydrogens (tertiary/aromatic N) is 2. The number of aromatic nitrogens is 2. The number of carbonyl (C=O) groups excluding carboxylic acids is 1. The maximum atomic E-state index is 11.2. The predicted molar refractivity (Wildman–Crippen MR) is 152 cm³/mol. The summed E-state index contributed by atoms with van der Waals surface area (Å²) in [5, 5.41) is 25.7. The summed E-state index contributed by atoms with van der Waals surface area (Å²) in [6, 6.07) is 8.27. The number of amides is 1. The van der Waals surface area contributed by atoms with Crippen molar-refractivity contribution in [1.29, 1.82) is 0 Å². The second-order valence-electron chi connectivity index (χ2n) is 10.3. The fraction of sp³-hybridized carbons (Fsp3) is 0.500. The van der Waals surface area contributed by atoms with Gasteiger partial charge < -0.3 is 30.5 Å². The van der Waals surface area contributed by atoms with Gasteiger partial charge in [-0.05, 0) is 77.6 Å². The number of hydrogen-bond donors (Lipinski definition) is 4. The molecule has 0 aliphatic rings. The summed E-state index contributed by atoms with van der Waals surface area (Å²) >= 11 is 0. The Morgan fingerprint density at radius 2 is 1.92 bits per heavy atom. The molecule has 0 saturated carbocycles. The third-order valence-corrected chi connectivity index (χ3v) is 7.07. The van der Waals surface area contributed by atoms with E-state index in [1.54, 1.807) is 0 Å². The Kier molecular flexibility index (Phi) is 10.6. The van der Waals surface area contributed by atoms with E-state index in [1.807, 2.05) is 26.0 Å². The van der Waals surface area contributed by atoms with E-state index in [-0.39, 0.29) is 13.2 Å². The minimum atomic E-state index is -0.914. The highest BCUT2D eigenvalue weighted by Crippen LogP contribution is 2.36. The first-order chi connectivity index (χ1) is 18.6. The van der Waals surface area contributed by atoms with Crippen molar-refractivity contribution in [1.82, 2.24) is 15.5 Å². The first kappa shape index (κ1) is 30.3. The smallest absolute Gasteiger partial charge is 0.258 e. The van der Waals surface area contributed by atoms with Crippen molar-refractivity contribution in [3.8, 4) is 28.6 Å². The van der Waals surface area contributed by atoms with E-state index >= 15 is 0 Å². The van der Waals surface area contributed by atoms with Crippen LogP contribution in [0.5, 0.6) is 5.75 Å². The van der Waals surface area contributed by atoms with E-state index < -0.39 is 18.6 Å². The number of benzene rings is 2. The summed E-state index contributed by atoms with van der Waals surface area (Å²) in [5.74, 6) is 1.74. The van der Waals surface area contributed by atoms with E-state index in [0.717, 1.165) is 34.2 Å². The molecule has 0 spiro atoms. The lowest BCUT2D eigenvalue weighted by Crippen LogP contribution is -2.36. The summed E-state index contributed by atoms with van der Waals surface area (Å²) in [6.45, 7) is 12.4. The fourth-order valence-corrected chi connectivity index (χ4v) is 4.55. The summed E-state index contributed by atoms with van der Waals surface area (Å²) in [7, 11) is 0. The van der Waals surface area contributed by atoms with Crippen LogP contribution in [-0.4, -0.2) is 52.1 Å². The van der Waals surface area contributed by atoms with E-state index in [2.05, 4.69) is 50.3 Å². The second-order valence-corrected chi connectivity index (χ2v) is 10.3. The molecule has 9 nitrogen and oxygen atoms in total. The molecular weight excluding hydrogens is 496 g/mol. The molecule has 2 atom stereocenters. The largest absolute Gasteiger partial charge is 0.490 e. The molecule has 1 aromatic heterocycles. The number of aryl methyl sites for hydroxylation is 2. The Bertz CT molecular complexity index is 1270. The van der Waals surface area contributed by atoms with Crippen molar-refractivity contribution in [3.05, 3.63) is 52.1 Å². The van der Waals surface area contributed by atoms with Crippen LogP contribution in [0.15, 0.2) is 28.8 Å². The molecule has 0 bridgehead atoms. The highest BCUT2D eigenvalue weighted by atomic mass is 16.5. The molecule has 3 rings (SSSR count). The highest BCUT2D eigenvalue weighted by Gasteiger charge is 2.22. The Morgan fingerprint density at radius 3 is 2.54 bits per heavy atom. The van der Waals surface area contributed by atoms with Gasteiger partial charge in [0.25, 0.3) is 5.89 Å². The number of aliphatic hydroxyl groups excluding tert-OH is 2. The van der Waals surface area contributed by atoms with Crippen LogP contribution >= 0.6 is 0 Å². The van der Waals surface area contributed by atoms with Crippen molar-refractivity contribution in [3.63, 3.8) is 0 Å². The molecule has 5 N–H and O–H groups in total. The van der Waals surface area contributed by atoms with Gasteiger partial charge in [0.2, 0.25) is 11.7 Å². The summed E-state index contributed by atoms with van der Waals surface area (Å²) < 4.78 is 11.7. The molecule has 1 unspecified atom stereocenters. The van der Waals surface area contributed by atoms with Crippen LogP contribution in [0, 0.1) is 6.92 Å². The Hall–Kier alpha value is -3.27. The number of hydrogen-bond acceptors (Lipinski definition) is 8. The molecule has 0 saturated heterocycles. The number of nitrogens with two attached hydrogens (primary N) is 1. The van der Waals surface area contributed by atoms with E-state index in [0.29, 0.717) is 42.3 Å². The SMILES string of the molecule is CCc1cc(-c2noc(-c3cc(C(C)C)cc(C(C)CC)c3CN)n2)cc(C)c1OC[C@@H](O)CNC(=O)CO. The van der Waals surface area contributed by atoms with Crippen LogP contribution in [0.1, 0.15) is 80.7 Å². The standard InChI is InChI=1S/C30H42N4O5/c1-7-18(5)24-11-21(17(3)4)12-25(26(24)13-31)30-33-29(34-39-30)22-9-19(6)28(20(8-2)10-22)38-16-23(36)14-32-27(37)15-35/h9-12,17-18,23,35-36H,7-8,13-16,31H2,1-6H3,(H,32,37)/t18?,23-/m0/s1. The number of nitrogens with one attached hydrogen (secondary N) is 1. The average molecular weight is 539 g/mol. The average Bonchev–Trinajstić information content (AvgIpc) is 3.43. The van der Waals surface area contributed by atoms with Crippen LogP contribution in [-0.2, 0) is 17.8 Å². The van der Waals surface area contributed by atoms with Gasteiger partial charge in [-0.15, -0.1) is 0 Å². The van der Waals surface area contributed by atoms with Gasteiger partial charge in [-0.2, -0.15) is 4.98 Å². The number of carbonyl (C=O) groups is 1. The van der Waals surface area contributed by atoms with Gasteiger partial charge in [0, 0.05) is 24.2 Å². The zero-order valence-electron chi connectivity index (χ0n) is 23.9. The number of aliphatic hydroxyl groups is 2. The molecule has 2 aromatic carbocycles. The van der Waals surface area contributed by atoms with Crippen molar-refractivity contribution in [2.75, 3.05) is 19.8 Å². The first-order valence-corrected chi connectivity index (χ1v) is 13.7. The third kappa shape index (κ3) is 7.23. The van der Waals surface area contributed by atoms with Gasteiger partial charge >= 0.3 is 0 Å². The molecule has 3 aromatic rings. The second kappa shape index (κ2) is 13.7. The normalized spacial score (nSPS) is 13.0. The fourth-order valence-electron chi connectivity index (χ4n) is 4.55. The van der Waals surface area contributed by atoms with E-state index in [9.17, 15) is 9.90 Å². The molecule has 1 heterocycles. The maximum absolute atomic E-state index is 11.2. The van der Waals surface area contributed by atoms with Crippen molar-refractivity contribution in [2.24, 2.45) is 5.73 Å². The predicted octanol–water partition coefficient (Wildman–Crippen LogP) is 4.22. The minimum absolute atomic E-state index is 0.00216. The van der Waals surface area contributed by atoms with Crippen LogP contribution < -0.4 is 15.8 Å². The van der Waals surface area contributed by atoms with Crippen molar-refractivity contribution >= 4 is 5.91 Å². The molecule has 0 fully saturated rings. The highest BCUT2D eigenvalue weighted by molar-refractivity contribution is 5.76. The first-order valence-electron chi connectivity index (χ1n) is 13.7. The topological polar surface area (TPSA) is 144 Å². The lowest BCUT2D eigenvalue weighted by atomic mass is 9.86. The maximum Gasteiger partial charge on any atom is 0.258 e. The van der Waals surface area contributed by atoms with E-state index in [1.165, 1.54) is 11.1 Å². The monoisotopic (exact) mass is 538 g/mol.